The van der Waals surface area contributed by atoms with Crippen molar-refractivity contribution in [2.75, 3.05) is 18.6 Å². The molecule has 7 heteroatoms. The molecule has 0 N–H and O–H groups in total. The third-order valence-corrected chi connectivity index (χ3v) is 6.48. The van der Waals surface area contributed by atoms with E-state index < -0.39 is 9.84 Å². The molecule has 20 heavy (non-hydrogen) atoms. The molecule has 0 spiro atoms. The first kappa shape index (κ1) is 13.9. The van der Waals surface area contributed by atoms with Gasteiger partial charge in [-0.3, -0.25) is 4.99 Å². The molecule has 0 aromatic heterocycles. The molecule has 1 aromatic rings. The summed E-state index contributed by atoms with van der Waals surface area (Å²) in [5, 5.41) is 0.874. The zero-order chi connectivity index (χ0) is 14.3. The number of likely N-dealkylation sites (N-methyl/N-ethyl adjacent to an activating group) is 1. The van der Waals surface area contributed by atoms with E-state index in [-0.39, 0.29) is 29.4 Å². The minimum atomic E-state index is -2.93. The molecular weight excluding hydrogens is 299 g/mol. The summed E-state index contributed by atoms with van der Waals surface area (Å²) < 4.78 is 36.0. The van der Waals surface area contributed by atoms with Crippen LogP contribution < -0.4 is 0 Å². The molecule has 4 nitrogen and oxygen atoms in total. The molecule has 3 rings (SSSR count). The molecule has 0 bridgehead atoms. The van der Waals surface area contributed by atoms with E-state index in [0.717, 1.165) is 10.7 Å². The fraction of sp³-hybridized carbons (Fsp3) is 0.462. The predicted molar refractivity (Wildman–Crippen MR) is 79.1 cm³/mol. The standard InChI is InChI=1S/C13H15FN2O2S2/c1-16-12-8-20(17,18)7-11(12)15-13(16)19-6-9-2-4-10(14)5-3-9/h2-5,11-12H,6-8H2,1H3. The maximum Gasteiger partial charge on any atom is 0.159 e. The lowest BCUT2D eigenvalue weighted by Crippen LogP contribution is -2.35. The molecule has 2 unspecified atom stereocenters. The average Bonchev–Trinajstić information content (AvgIpc) is 2.83. The molecule has 2 aliphatic heterocycles. The number of amidine groups is 1. The van der Waals surface area contributed by atoms with Gasteiger partial charge in [0.15, 0.2) is 15.0 Å². The third-order valence-electron chi connectivity index (χ3n) is 3.65. The lowest BCUT2D eigenvalue weighted by atomic mass is 10.2. The second kappa shape index (κ2) is 5.04. The van der Waals surface area contributed by atoms with Crippen LogP contribution >= 0.6 is 11.8 Å². The van der Waals surface area contributed by atoms with Gasteiger partial charge in [-0.2, -0.15) is 0 Å². The van der Waals surface area contributed by atoms with E-state index in [2.05, 4.69) is 4.99 Å². The molecular formula is C13H15FN2O2S2. The van der Waals surface area contributed by atoms with Gasteiger partial charge >= 0.3 is 0 Å². The first-order chi connectivity index (χ1) is 9.44. The van der Waals surface area contributed by atoms with Crippen molar-refractivity contribution in [1.29, 1.82) is 0 Å². The molecule has 0 amide bonds. The lowest BCUT2D eigenvalue weighted by molar-refractivity contribution is 0.410. The van der Waals surface area contributed by atoms with E-state index in [9.17, 15) is 12.8 Å². The van der Waals surface area contributed by atoms with Crippen LogP contribution in [0, 0.1) is 5.82 Å². The van der Waals surface area contributed by atoms with Crippen LogP contribution in [0.4, 0.5) is 4.39 Å². The predicted octanol–water partition coefficient (Wildman–Crippen LogP) is 1.53. The highest BCUT2D eigenvalue weighted by Crippen LogP contribution is 2.30. The highest BCUT2D eigenvalue weighted by molar-refractivity contribution is 8.13. The number of benzene rings is 1. The topological polar surface area (TPSA) is 49.7 Å². The van der Waals surface area contributed by atoms with Crippen LogP contribution in [0.3, 0.4) is 0 Å². The highest BCUT2D eigenvalue weighted by atomic mass is 32.2. The second-order valence-corrected chi connectivity index (χ2v) is 8.25. The van der Waals surface area contributed by atoms with E-state index >= 15 is 0 Å². The van der Waals surface area contributed by atoms with Gasteiger partial charge in [-0.15, -0.1) is 0 Å². The molecule has 1 fully saturated rings. The summed E-state index contributed by atoms with van der Waals surface area (Å²) in [7, 11) is -1.04. The Morgan fingerprint density at radius 3 is 2.70 bits per heavy atom. The summed E-state index contributed by atoms with van der Waals surface area (Å²) in [6, 6.07) is 6.25. The Morgan fingerprint density at radius 2 is 2.05 bits per heavy atom. The van der Waals surface area contributed by atoms with Crippen LogP contribution in [0.2, 0.25) is 0 Å². The minimum absolute atomic E-state index is 0.0179. The van der Waals surface area contributed by atoms with Crippen LogP contribution in [0.5, 0.6) is 0 Å². The zero-order valence-corrected chi connectivity index (χ0v) is 12.6. The summed E-state index contributed by atoms with van der Waals surface area (Å²) >= 11 is 1.57. The van der Waals surface area contributed by atoms with Gasteiger partial charge in [-0.05, 0) is 17.7 Å². The van der Waals surface area contributed by atoms with Crippen LogP contribution in [0.25, 0.3) is 0 Å². The van der Waals surface area contributed by atoms with Crippen molar-refractivity contribution < 1.29 is 12.8 Å². The summed E-state index contributed by atoms with van der Waals surface area (Å²) in [5.41, 5.74) is 1.03. The Balaban J connectivity index is 1.66. The van der Waals surface area contributed by atoms with E-state index in [4.69, 9.17) is 0 Å². The maximum absolute atomic E-state index is 12.8. The Kier molecular flexibility index (Phi) is 3.50. The molecule has 2 aliphatic rings. The van der Waals surface area contributed by atoms with E-state index in [1.165, 1.54) is 12.1 Å². The zero-order valence-electron chi connectivity index (χ0n) is 11.0. The van der Waals surface area contributed by atoms with Crippen LogP contribution in [-0.2, 0) is 15.6 Å². The molecule has 2 heterocycles. The van der Waals surface area contributed by atoms with Gasteiger partial charge < -0.3 is 4.90 Å². The number of sulfone groups is 1. The number of hydrogen-bond acceptors (Lipinski definition) is 5. The van der Waals surface area contributed by atoms with Gasteiger partial charge in [0.2, 0.25) is 0 Å². The van der Waals surface area contributed by atoms with Gasteiger partial charge in [0.25, 0.3) is 0 Å². The highest BCUT2D eigenvalue weighted by Gasteiger charge is 2.44. The number of nitrogens with zero attached hydrogens (tertiary/aromatic N) is 2. The van der Waals surface area contributed by atoms with Gasteiger partial charge in [0, 0.05) is 12.8 Å². The van der Waals surface area contributed by atoms with Gasteiger partial charge in [0.1, 0.15) is 5.82 Å². The summed E-state index contributed by atoms with van der Waals surface area (Å²) in [6.45, 7) is 0. The Bertz CT molecular complexity index is 643. The molecule has 108 valence electrons. The van der Waals surface area contributed by atoms with E-state index in [0.29, 0.717) is 5.75 Å². The van der Waals surface area contributed by atoms with Crippen LogP contribution in [0.1, 0.15) is 5.56 Å². The van der Waals surface area contributed by atoms with E-state index in [1.54, 1.807) is 23.9 Å². The average molecular weight is 314 g/mol. The van der Waals surface area contributed by atoms with Crippen molar-refractivity contribution in [2.45, 2.75) is 17.8 Å². The number of rotatable bonds is 2. The third kappa shape index (κ3) is 2.69. The van der Waals surface area contributed by atoms with Gasteiger partial charge in [-0.1, -0.05) is 23.9 Å². The summed E-state index contributed by atoms with van der Waals surface area (Å²) in [5.74, 6) is 0.810. The van der Waals surface area contributed by atoms with Crippen molar-refractivity contribution in [3.05, 3.63) is 35.6 Å². The number of aliphatic imine (C=N–C) groups is 1. The lowest BCUT2D eigenvalue weighted by Gasteiger charge is -2.20. The van der Waals surface area contributed by atoms with Crippen molar-refractivity contribution >= 4 is 26.8 Å². The first-order valence-corrected chi connectivity index (χ1v) is 9.14. The molecule has 1 aromatic carbocycles. The SMILES string of the molecule is CN1C(SCc2ccc(F)cc2)=NC2CS(=O)(=O)CC21. The van der Waals surface area contributed by atoms with Gasteiger partial charge in [-0.25, -0.2) is 12.8 Å². The Hall–Kier alpha value is -1.08. The van der Waals surface area contributed by atoms with Crippen molar-refractivity contribution in [1.82, 2.24) is 4.90 Å². The smallest absolute Gasteiger partial charge is 0.159 e. The fourth-order valence-electron chi connectivity index (χ4n) is 2.55. The Labute approximate surface area is 122 Å². The second-order valence-electron chi connectivity index (χ2n) is 5.15. The number of fused-ring (bicyclic) bond motifs is 1. The molecule has 2 atom stereocenters. The van der Waals surface area contributed by atoms with Crippen molar-refractivity contribution in [3.8, 4) is 0 Å². The molecule has 0 saturated carbocycles. The van der Waals surface area contributed by atoms with Crippen molar-refractivity contribution in [3.63, 3.8) is 0 Å². The molecule has 1 saturated heterocycles. The Morgan fingerprint density at radius 1 is 1.35 bits per heavy atom. The van der Waals surface area contributed by atoms with Crippen LogP contribution in [0.15, 0.2) is 29.3 Å². The quantitative estimate of drug-likeness (QED) is 0.830. The largest absolute Gasteiger partial charge is 0.348 e. The van der Waals surface area contributed by atoms with Crippen molar-refractivity contribution in [2.24, 2.45) is 4.99 Å². The number of halogens is 1. The summed E-state index contributed by atoms with van der Waals surface area (Å²) in [6.07, 6.45) is 0. The fourth-order valence-corrected chi connectivity index (χ4v) is 5.50. The van der Waals surface area contributed by atoms with Crippen LogP contribution in [-0.4, -0.2) is 49.1 Å². The first-order valence-electron chi connectivity index (χ1n) is 6.33. The minimum Gasteiger partial charge on any atom is -0.348 e. The normalized spacial score (nSPS) is 27.5. The van der Waals surface area contributed by atoms with E-state index in [1.807, 2.05) is 11.9 Å². The number of hydrogen-bond donors (Lipinski definition) is 0. The van der Waals surface area contributed by atoms with Gasteiger partial charge in [0.05, 0.1) is 23.6 Å². The number of thioether (sulfide) groups is 1. The molecule has 0 aliphatic carbocycles. The summed E-state index contributed by atoms with van der Waals surface area (Å²) in [4.78, 5) is 6.47. The molecule has 0 radical (unpaired) electrons. The maximum atomic E-state index is 12.8. The monoisotopic (exact) mass is 314 g/mol.